The number of fused-ring (bicyclic) bond motifs is 8. The van der Waals surface area contributed by atoms with E-state index in [1.165, 1.54) is 54.1 Å². The van der Waals surface area contributed by atoms with Crippen LogP contribution in [-0.2, 0) is 0 Å². The fraction of sp³-hybridized carbons (Fsp3) is 0. The van der Waals surface area contributed by atoms with Crippen LogP contribution in [0.1, 0.15) is 0 Å². The number of benzene rings is 9. The van der Waals surface area contributed by atoms with E-state index in [2.05, 4.69) is 221 Å². The first-order chi connectivity index (χ1) is 28.8. The summed E-state index contributed by atoms with van der Waals surface area (Å²) in [5, 5.41) is 9.69. The van der Waals surface area contributed by atoms with Gasteiger partial charge in [0.25, 0.3) is 0 Å². The van der Waals surface area contributed by atoms with Crippen molar-refractivity contribution in [2.24, 2.45) is 0 Å². The van der Waals surface area contributed by atoms with Crippen molar-refractivity contribution >= 4 is 65.2 Å². The molecule has 0 spiro atoms. The van der Waals surface area contributed by atoms with E-state index in [-0.39, 0.29) is 0 Å². The highest BCUT2D eigenvalue weighted by atomic mass is 15.0. The molecule has 0 saturated heterocycles. The molecule has 9 aromatic carbocycles. The lowest BCUT2D eigenvalue weighted by Crippen LogP contribution is -1.99. The average Bonchev–Trinajstić information content (AvgIpc) is 3.80. The molecular weight excluding hydrogens is 703 g/mol. The molecule has 3 heteroatoms. The molecule has 0 amide bonds. The molecule has 3 nitrogen and oxygen atoms in total. The lowest BCUT2D eigenvalue weighted by atomic mass is 9.94. The second kappa shape index (κ2) is 12.9. The fourth-order valence-electron chi connectivity index (χ4n) is 9.23. The van der Waals surface area contributed by atoms with Gasteiger partial charge in [-0.05, 0) is 93.3 Å². The van der Waals surface area contributed by atoms with Gasteiger partial charge in [-0.3, -0.25) is 0 Å². The average molecular weight is 738 g/mol. The summed E-state index contributed by atoms with van der Waals surface area (Å²) >= 11 is 0. The van der Waals surface area contributed by atoms with E-state index in [4.69, 9.17) is 4.98 Å². The lowest BCUT2D eigenvalue weighted by Gasteiger charge is -2.16. The molecule has 0 unspecified atom stereocenters. The molecule has 0 aliphatic rings. The molecular formula is C55H35N3. The van der Waals surface area contributed by atoms with Crippen molar-refractivity contribution in [1.29, 1.82) is 0 Å². The summed E-state index contributed by atoms with van der Waals surface area (Å²) in [6.45, 7) is 0. The summed E-state index contributed by atoms with van der Waals surface area (Å²) in [5.74, 6) is 0. The maximum absolute atomic E-state index is 5.54. The van der Waals surface area contributed by atoms with Crippen molar-refractivity contribution in [3.63, 3.8) is 0 Å². The van der Waals surface area contributed by atoms with Gasteiger partial charge in [0.1, 0.15) is 0 Å². The van der Waals surface area contributed by atoms with E-state index in [9.17, 15) is 0 Å². The molecule has 0 radical (unpaired) electrons. The molecule has 0 atom stereocenters. The molecule has 58 heavy (non-hydrogen) atoms. The van der Waals surface area contributed by atoms with E-state index in [1.54, 1.807) is 0 Å². The Morgan fingerprint density at radius 1 is 0.293 bits per heavy atom. The molecule has 12 rings (SSSR count). The van der Waals surface area contributed by atoms with Crippen LogP contribution in [0.4, 0.5) is 0 Å². The molecule has 3 heterocycles. The van der Waals surface area contributed by atoms with Crippen molar-refractivity contribution in [3.05, 3.63) is 212 Å². The minimum absolute atomic E-state index is 0.944. The highest BCUT2D eigenvalue weighted by Gasteiger charge is 2.22. The molecule has 12 aromatic rings. The summed E-state index contributed by atoms with van der Waals surface area (Å²) in [6.07, 6.45) is 0. The van der Waals surface area contributed by atoms with Crippen LogP contribution in [0.3, 0.4) is 0 Å². The number of para-hydroxylation sites is 2. The first-order valence-electron chi connectivity index (χ1n) is 19.9. The second-order valence-corrected chi connectivity index (χ2v) is 15.2. The third kappa shape index (κ3) is 5.04. The van der Waals surface area contributed by atoms with E-state index in [1.807, 2.05) is 0 Å². The lowest BCUT2D eigenvalue weighted by molar-refractivity contribution is 1.17. The molecule has 3 aromatic heterocycles. The second-order valence-electron chi connectivity index (χ2n) is 15.2. The summed E-state index contributed by atoms with van der Waals surface area (Å²) in [4.78, 5) is 5.54. The quantitative estimate of drug-likeness (QED) is 0.172. The van der Waals surface area contributed by atoms with Gasteiger partial charge in [0.15, 0.2) is 0 Å². The molecule has 0 aliphatic carbocycles. The van der Waals surface area contributed by atoms with Gasteiger partial charge in [0.05, 0.1) is 33.5 Å². The molecule has 0 saturated carbocycles. The van der Waals surface area contributed by atoms with Crippen molar-refractivity contribution < 1.29 is 0 Å². The predicted molar refractivity (Wildman–Crippen MR) is 244 cm³/mol. The van der Waals surface area contributed by atoms with Crippen LogP contribution in [0, 0.1) is 0 Å². The largest absolute Gasteiger partial charge is 0.309 e. The Labute approximate surface area is 335 Å². The van der Waals surface area contributed by atoms with Crippen LogP contribution in [0.25, 0.3) is 110 Å². The van der Waals surface area contributed by atoms with Gasteiger partial charge < -0.3 is 9.13 Å². The third-order valence-electron chi connectivity index (χ3n) is 11.8. The van der Waals surface area contributed by atoms with Crippen molar-refractivity contribution in [3.8, 4) is 45.0 Å². The molecule has 0 fully saturated rings. The topological polar surface area (TPSA) is 22.8 Å². The normalized spacial score (nSPS) is 11.8. The fourth-order valence-corrected chi connectivity index (χ4v) is 9.23. The van der Waals surface area contributed by atoms with Gasteiger partial charge in [-0.1, -0.05) is 152 Å². The molecule has 0 aliphatic heterocycles. The minimum Gasteiger partial charge on any atom is -0.309 e. The Kier molecular flexibility index (Phi) is 7.23. The van der Waals surface area contributed by atoms with Crippen LogP contribution >= 0.6 is 0 Å². The maximum Gasteiger partial charge on any atom is 0.0743 e. The minimum atomic E-state index is 0.944. The van der Waals surface area contributed by atoms with Crippen molar-refractivity contribution in [1.82, 2.24) is 14.1 Å². The Hall–Kier alpha value is -7.75. The van der Waals surface area contributed by atoms with Crippen LogP contribution in [0.5, 0.6) is 0 Å². The maximum atomic E-state index is 5.54. The zero-order valence-electron chi connectivity index (χ0n) is 31.5. The number of hydrogen-bond acceptors (Lipinski definition) is 1. The highest BCUT2D eigenvalue weighted by Crippen LogP contribution is 2.44. The SMILES string of the molecule is c1ccc(-c2cc(-c3ccccc3)nc(-c3c4ccccc4cc4c5ccccc5n(-c5ccc6c(c5)c5ccccc5n6-c5ccc6ccccc6c5)c34)c2)cc1. The van der Waals surface area contributed by atoms with Gasteiger partial charge in [-0.15, -0.1) is 0 Å². The summed E-state index contributed by atoms with van der Waals surface area (Å²) in [6, 6.07) is 76.9. The number of aromatic nitrogens is 3. The van der Waals surface area contributed by atoms with Gasteiger partial charge in [-0.2, -0.15) is 0 Å². The monoisotopic (exact) mass is 737 g/mol. The Bertz CT molecular complexity index is 3500. The number of nitrogens with zero attached hydrogens (tertiary/aromatic N) is 3. The van der Waals surface area contributed by atoms with Gasteiger partial charge in [0.2, 0.25) is 0 Å². The van der Waals surface area contributed by atoms with Gasteiger partial charge in [-0.25, -0.2) is 4.98 Å². The van der Waals surface area contributed by atoms with Gasteiger partial charge >= 0.3 is 0 Å². The molecule has 0 N–H and O–H groups in total. The van der Waals surface area contributed by atoms with Crippen LogP contribution < -0.4 is 0 Å². The van der Waals surface area contributed by atoms with E-state index in [0.29, 0.717) is 0 Å². The highest BCUT2D eigenvalue weighted by molar-refractivity contribution is 6.21. The van der Waals surface area contributed by atoms with E-state index < -0.39 is 0 Å². The summed E-state index contributed by atoms with van der Waals surface area (Å²) < 4.78 is 4.89. The zero-order valence-corrected chi connectivity index (χ0v) is 31.5. The number of rotatable bonds is 5. The van der Waals surface area contributed by atoms with Gasteiger partial charge in [0, 0.05) is 44.0 Å². The van der Waals surface area contributed by atoms with Crippen molar-refractivity contribution in [2.75, 3.05) is 0 Å². The van der Waals surface area contributed by atoms with Crippen LogP contribution in [0.15, 0.2) is 212 Å². The van der Waals surface area contributed by atoms with Crippen molar-refractivity contribution in [2.45, 2.75) is 0 Å². The van der Waals surface area contributed by atoms with Crippen LogP contribution in [0.2, 0.25) is 0 Å². The number of hydrogen-bond donors (Lipinski definition) is 0. The van der Waals surface area contributed by atoms with E-state index >= 15 is 0 Å². The number of pyridine rings is 1. The third-order valence-corrected chi connectivity index (χ3v) is 11.8. The first-order valence-corrected chi connectivity index (χ1v) is 19.9. The summed E-state index contributed by atoms with van der Waals surface area (Å²) in [7, 11) is 0. The Balaban J connectivity index is 1.18. The zero-order chi connectivity index (χ0) is 38.2. The Morgan fingerprint density at radius 2 is 0.845 bits per heavy atom. The predicted octanol–water partition coefficient (Wildman–Crippen LogP) is 14.6. The standard InChI is InChI=1S/C55H35N3/c1-3-15-36(16-4-1)41-33-49(38-18-5-2-6-19-38)56-50(34-41)54-44-22-10-9-21-40(44)32-48-46-24-12-14-26-52(46)58(55(48)54)43-29-30-53-47(35-43)45-23-11-13-25-51(45)57(53)42-28-27-37-17-7-8-20-39(37)31-42/h1-35H. The van der Waals surface area contributed by atoms with Crippen LogP contribution in [-0.4, -0.2) is 14.1 Å². The summed E-state index contributed by atoms with van der Waals surface area (Å²) in [5.41, 5.74) is 13.3. The first kappa shape index (κ1) is 32.5. The Morgan fingerprint density at radius 3 is 1.62 bits per heavy atom. The molecule has 270 valence electrons. The molecule has 0 bridgehead atoms. The van der Waals surface area contributed by atoms with E-state index in [0.717, 1.165) is 56.0 Å². The smallest absolute Gasteiger partial charge is 0.0743 e.